The average Bonchev–Trinajstić information content (AvgIpc) is 2.20. The maximum atomic E-state index is 11.4. The van der Waals surface area contributed by atoms with Crippen LogP contribution in [0, 0.1) is 0 Å². The van der Waals surface area contributed by atoms with Gasteiger partial charge in [0.15, 0.2) is 11.8 Å². The van der Waals surface area contributed by atoms with Crippen LogP contribution in [0.25, 0.3) is 0 Å². The molecule has 6 heteroatoms. The van der Waals surface area contributed by atoms with Gasteiger partial charge in [0.05, 0.1) is 0 Å². The Hall–Kier alpha value is -1.43. The topological polar surface area (TPSA) is 92.7 Å². The highest BCUT2D eigenvalue weighted by Crippen LogP contribution is 2.01. The van der Waals surface area contributed by atoms with E-state index in [4.69, 9.17) is 9.84 Å². The van der Waals surface area contributed by atoms with Crippen LogP contribution in [0.2, 0.25) is 0 Å². The number of Topliss-reactive ketones (excluding diaryl/α,β-unsaturated/α-hetero) is 1. The molecule has 0 rings (SSSR count). The number of unbranched alkanes of at least 4 members (excludes halogenated alkanes) is 1. The summed E-state index contributed by atoms with van der Waals surface area (Å²) >= 11 is 0. The second-order valence-electron chi connectivity index (χ2n) is 3.39. The van der Waals surface area contributed by atoms with Gasteiger partial charge in [-0.25, -0.2) is 4.79 Å². The Balaban J connectivity index is 4.07. The molecule has 1 amide bonds. The predicted octanol–water partition coefficient (Wildman–Crippen LogP) is -0.0385. The summed E-state index contributed by atoms with van der Waals surface area (Å²) in [7, 11) is 1.55. The fourth-order valence-corrected chi connectivity index (χ4v) is 1.17. The molecule has 0 fully saturated rings. The van der Waals surface area contributed by atoms with Crippen molar-refractivity contribution in [1.29, 1.82) is 0 Å². The molecule has 0 saturated carbocycles. The third kappa shape index (κ3) is 6.13. The number of carboxylic acids is 1. The number of nitrogens with one attached hydrogen (secondary N) is 1. The molecule has 2 N–H and O–H groups in total. The number of ketones is 1. The minimum absolute atomic E-state index is 0.126. The Morgan fingerprint density at radius 3 is 2.38 bits per heavy atom. The van der Waals surface area contributed by atoms with Crippen LogP contribution in [0.5, 0.6) is 0 Å². The lowest BCUT2D eigenvalue weighted by molar-refractivity contribution is -0.145. The zero-order valence-corrected chi connectivity index (χ0v) is 9.49. The summed E-state index contributed by atoms with van der Waals surface area (Å²) in [6, 6.07) is -1.43. The van der Waals surface area contributed by atoms with Gasteiger partial charge in [-0.3, -0.25) is 9.59 Å². The molecule has 0 aliphatic rings. The van der Waals surface area contributed by atoms with Crippen LogP contribution in [0.4, 0.5) is 0 Å². The van der Waals surface area contributed by atoms with Crippen molar-refractivity contribution in [2.75, 3.05) is 13.7 Å². The van der Waals surface area contributed by atoms with Gasteiger partial charge in [-0.2, -0.15) is 0 Å². The van der Waals surface area contributed by atoms with E-state index in [0.29, 0.717) is 19.4 Å². The van der Waals surface area contributed by atoms with Gasteiger partial charge in [0.2, 0.25) is 5.91 Å². The van der Waals surface area contributed by atoms with Crippen LogP contribution >= 0.6 is 0 Å². The second kappa shape index (κ2) is 7.81. The largest absolute Gasteiger partial charge is 0.479 e. The first-order chi connectivity index (χ1) is 7.49. The lowest BCUT2D eigenvalue weighted by atomic mass is 10.1. The molecule has 0 aromatic carbocycles. The van der Waals surface area contributed by atoms with Gasteiger partial charge in [-0.15, -0.1) is 0 Å². The standard InChI is InChI=1S/C10H17NO5/c1-7(12)11-9(10(14)15)8(13)5-3-4-6-16-2/h9H,3-6H2,1-2H3,(H,11,12)(H,14,15). The molecule has 0 heterocycles. The number of hydrogen-bond acceptors (Lipinski definition) is 4. The van der Waals surface area contributed by atoms with Crippen molar-refractivity contribution in [3.8, 4) is 0 Å². The highest BCUT2D eigenvalue weighted by atomic mass is 16.5. The molecule has 92 valence electrons. The van der Waals surface area contributed by atoms with E-state index in [9.17, 15) is 14.4 Å². The highest BCUT2D eigenvalue weighted by molar-refractivity contribution is 6.04. The summed E-state index contributed by atoms with van der Waals surface area (Å²) < 4.78 is 4.80. The van der Waals surface area contributed by atoms with Crippen LogP contribution < -0.4 is 5.32 Å². The Morgan fingerprint density at radius 2 is 1.94 bits per heavy atom. The van der Waals surface area contributed by atoms with Crippen molar-refractivity contribution in [2.45, 2.75) is 32.2 Å². The van der Waals surface area contributed by atoms with E-state index < -0.39 is 23.7 Å². The molecule has 0 aliphatic heterocycles. The van der Waals surface area contributed by atoms with Gasteiger partial charge in [0.1, 0.15) is 0 Å². The van der Waals surface area contributed by atoms with Gasteiger partial charge >= 0.3 is 5.97 Å². The average molecular weight is 231 g/mol. The second-order valence-corrected chi connectivity index (χ2v) is 3.39. The molecule has 0 spiro atoms. The summed E-state index contributed by atoms with van der Waals surface area (Å²) in [5.74, 6) is -2.34. The molecule has 0 aromatic heterocycles. The fraction of sp³-hybridized carbons (Fsp3) is 0.700. The Kier molecular flexibility index (Phi) is 7.11. The Labute approximate surface area is 94.0 Å². The number of hydrogen-bond donors (Lipinski definition) is 2. The molecule has 0 saturated heterocycles. The molecule has 0 aromatic rings. The van der Waals surface area contributed by atoms with Crippen LogP contribution in [0.15, 0.2) is 0 Å². The molecule has 1 unspecified atom stereocenters. The molecule has 0 bridgehead atoms. The van der Waals surface area contributed by atoms with Crippen molar-refractivity contribution in [1.82, 2.24) is 5.32 Å². The smallest absolute Gasteiger partial charge is 0.334 e. The van der Waals surface area contributed by atoms with Gasteiger partial charge < -0.3 is 15.2 Å². The van der Waals surface area contributed by atoms with Gasteiger partial charge in [-0.05, 0) is 12.8 Å². The first kappa shape index (κ1) is 14.6. The van der Waals surface area contributed by atoms with Crippen molar-refractivity contribution in [3.05, 3.63) is 0 Å². The number of carboxylic acid groups (broad SMARTS) is 1. The van der Waals surface area contributed by atoms with E-state index in [1.807, 2.05) is 0 Å². The molecule has 0 aliphatic carbocycles. The molecule has 1 atom stereocenters. The number of methoxy groups -OCH3 is 1. The first-order valence-electron chi connectivity index (χ1n) is 5.00. The van der Waals surface area contributed by atoms with E-state index in [1.54, 1.807) is 7.11 Å². The number of aliphatic carboxylic acids is 1. The van der Waals surface area contributed by atoms with E-state index in [-0.39, 0.29) is 6.42 Å². The fourth-order valence-electron chi connectivity index (χ4n) is 1.17. The van der Waals surface area contributed by atoms with Crippen molar-refractivity contribution < 1.29 is 24.2 Å². The monoisotopic (exact) mass is 231 g/mol. The van der Waals surface area contributed by atoms with E-state index in [1.165, 1.54) is 6.92 Å². The maximum absolute atomic E-state index is 11.4. The third-order valence-electron chi connectivity index (χ3n) is 1.94. The summed E-state index contributed by atoms with van der Waals surface area (Å²) in [4.78, 5) is 32.8. The van der Waals surface area contributed by atoms with Crippen LogP contribution in [-0.2, 0) is 19.1 Å². The minimum atomic E-state index is -1.43. The number of rotatable bonds is 8. The quantitative estimate of drug-likeness (QED) is 0.451. The zero-order chi connectivity index (χ0) is 12.6. The van der Waals surface area contributed by atoms with Crippen molar-refractivity contribution in [3.63, 3.8) is 0 Å². The summed E-state index contributed by atoms with van der Waals surface area (Å²) in [5, 5.41) is 10.8. The zero-order valence-electron chi connectivity index (χ0n) is 9.49. The Bertz CT molecular complexity index is 264. The normalized spacial score (nSPS) is 11.9. The molecular weight excluding hydrogens is 214 g/mol. The van der Waals surface area contributed by atoms with Crippen molar-refractivity contribution >= 4 is 17.7 Å². The van der Waals surface area contributed by atoms with Crippen molar-refractivity contribution in [2.24, 2.45) is 0 Å². The number of amides is 1. The van der Waals surface area contributed by atoms with E-state index in [0.717, 1.165) is 0 Å². The number of ether oxygens (including phenoxy) is 1. The minimum Gasteiger partial charge on any atom is -0.479 e. The highest BCUT2D eigenvalue weighted by Gasteiger charge is 2.25. The van der Waals surface area contributed by atoms with Crippen LogP contribution in [0.3, 0.4) is 0 Å². The first-order valence-corrected chi connectivity index (χ1v) is 5.00. The van der Waals surface area contributed by atoms with Gasteiger partial charge in [0, 0.05) is 27.1 Å². The molecule has 6 nitrogen and oxygen atoms in total. The number of carbonyl (C=O) groups excluding carboxylic acids is 2. The lowest BCUT2D eigenvalue weighted by Crippen LogP contribution is -2.45. The number of carbonyl (C=O) groups is 3. The molecular formula is C10H17NO5. The lowest BCUT2D eigenvalue weighted by Gasteiger charge is -2.11. The maximum Gasteiger partial charge on any atom is 0.334 e. The van der Waals surface area contributed by atoms with Gasteiger partial charge in [-0.1, -0.05) is 0 Å². The predicted molar refractivity (Wildman–Crippen MR) is 56.0 cm³/mol. The Morgan fingerprint density at radius 1 is 1.31 bits per heavy atom. The van der Waals surface area contributed by atoms with E-state index >= 15 is 0 Å². The van der Waals surface area contributed by atoms with Crippen LogP contribution in [0.1, 0.15) is 26.2 Å². The summed E-state index contributed by atoms with van der Waals surface area (Å²) in [6.07, 6.45) is 1.37. The summed E-state index contributed by atoms with van der Waals surface area (Å²) in [6.45, 7) is 1.71. The molecule has 0 radical (unpaired) electrons. The SMILES string of the molecule is COCCCCC(=O)C(NC(C)=O)C(=O)O. The molecule has 16 heavy (non-hydrogen) atoms. The third-order valence-corrected chi connectivity index (χ3v) is 1.94. The van der Waals surface area contributed by atoms with Crippen LogP contribution in [-0.4, -0.2) is 42.5 Å². The van der Waals surface area contributed by atoms with Gasteiger partial charge in [0.25, 0.3) is 0 Å². The summed E-state index contributed by atoms with van der Waals surface area (Å²) in [5.41, 5.74) is 0. The van der Waals surface area contributed by atoms with E-state index in [2.05, 4.69) is 5.32 Å².